The van der Waals surface area contributed by atoms with E-state index in [1.165, 1.54) is 15.3 Å². The predicted molar refractivity (Wildman–Crippen MR) is 93.0 cm³/mol. The van der Waals surface area contributed by atoms with Crippen LogP contribution in [0.2, 0.25) is 10.0 Å². The zero-order valence-electron chi connectivity index (χ0n) is 12.8. The highest BCUT2D eigenvalue weighted by molar-refractivity contribution is 6.42. The molecule has 0 unspecified atom stereocenters. The van der Waals surface area contributed by atoms with Gasteiger partial charge in [0.15, 0.2) is 5.65 Å². The lowest BCUT2D eigenvalue weighted by Crippen LogP contribution is -2.25. The van der Waals surface area contributed by atoms with Crippen molar-refractivity contribution in [2.45, 2.75) is 13.5 Å². The second-order valence-electron chi connectivity index (χ2n) is 5.19. The van der Waals surface area contributed by atoms with Gasteiger partial charge in [-0.05, 0) is 36.8 Å². The first-order valence-electron chi connectivity index (χ1n) is 7.31. The van der Waals surface area contributed by atoms with E-state index in [0.717, 1.165) is 5.56 Å². The normalized spacial score (nSPS) is 11.0. The summed E-state index contributed by atoms with van der Waals surface area (Å²) in [6.45, 7) is 2.61. The van der Waals surface area contributed by atoms with E-state index < -0.39 is 0 Å². The Balaban J connectivity index is 1.97. The van der Waals surface area contributed by atoms with E-state index in [1.807, 2.05) is 6.92 Å². The number of aromatic nitrogens is 3. The Bertz CT molecular complexity index is 978. The Morgan fingerprint density at radius 2 is 2.00 bits per heavy atom. The largest absolute Gasteiger partial charge is 0.352 e. The van der Waals surface area contributed by atoms with Crippen LogP contribution in [-0.2, 0) is 6.54 Å². The fourth-order valence-corrected chi connectivity index (χ4v) is 2.65. The number of fused-ring (bicyclic) bond motifs is 1. The van der Waals surface area contributed by atoms with Gasteiger partial charge in [0.05, 0.1) is 22.2 Å². The molecule has 0 bridgehead atoms. The number of pyridine rings is 1. The molecule has 24 heavy (non-hydrogen) atoms. The van der Waals surface area contributed by atoms with Crippen LogP contribution in [0.25, 0.3) is 5.65 Å². The smallest absolute Gasteiger partial charge is 0.350 e. The van der Waals surface area contributed by atoms with Gasteiger partial charge in [0.25, 0.3) is 5.91 Å². The van der Waals surface area contributed by atoms with E-state index in [-0.39, 0.29) is 18.1 Å². The standard InChI is InChI=1S/C16H14Cl2N4O2/c1-2-19-15(23)11-4-6-14-20-22(16(24)21(14)9-11)8-10-3-5-12(17)13(18)7-10/h3-7,9H,2,8H2,1H3,(H,19,23). The van der Waals surface area contributed by atoms with E-state index in [9.17, 15) is 9.59 Å². The number of nitrogens with one attached hydrogen (secondary N) is 1. The summed E-state index contributed by atoms with van der Waals surface area (Å²) in [5.74, 6) is -0.233. The molecule has 0 aliphatic heterocycles. The average Bonchev–Trinajstić information content (AvgIpc) is 2.87. The summed E-state index contributed by atoms with van der Waals surface area (Å²) < 4.78 is 2.67. The number of rotatable bonds is 4. The molecule has 0 fully saturated rings. The van der Waals surface area contributed by atoms with Crippen LogP contribution in [0.15, 0.2) is 41.3 Å². The van der Waals surface area contributed by atoms with Crippen molar-refractivity contribution in [1.82, 2.24) is 19.5 Å². The minimum atomic E-state index is -0.331. The van der Waals surface area contributed by atoms with Crippen LogP contribution >= 0.6 is 23.2 Å². The maximum atomic E-state index is 12.5. The summed E-state index contributed by atoms with van der Waals surface area (Å²) in [5, 5.41) is 7.83. The first-order valence-corrected chi connectivity index (χ1v) is 8.06. The van der Waals surface area contributed by atoms with Gasteiger partial charge >= 0.3 is 5.69 Å². The highest BCUT2D eigenvalue weighted by Crippen LogP contribution is 2.22. The lowest BCUT2D eigenvalue weighted by Gasteiger charge is -2.02. The molecule has 124 valence electrons. The van der Waals surface area contributed by atoms with E-state index >= 15 is 0 Å². The molecule has 0 radical (unpaired) electrons. The Hall–Kier alpha value is -2.31. The molecule has 3 aromatic rings. The summed E-state index contributed by atoms with van der Waals surface area (Å²) in [7, 11) is 0. The van der Waals surface area contributed by atoms with Crippen molar-refractivity contribution in [3.05, 3.63) is 68.2 Å². The van der Waals surface area contributed by atoms with Crippen LogP contribution in [0.1, 0.15) is 22.8 Å². The highest BCUT2D eigenvalue weighted by atomic mass is 35.5. The van der Waals surface area contributed by atoms with Crippen LogP contribution in [0.5, 0.6) is 0 Å². The van der Waals surface area contributed by atoms with Gasteiger partial charge in [0.1, 0.15) is 0 Å². The van der Waals surface area contributed by atoms with E-state index in [4.69, 9.17) is 23.2 Å². The number of carbonyl (C=O) groups excluding carboxylic acids is 1. The fourth-order valence-electron chi connectivity index (χ4n) is 2.33. The Kier molecular flexibility index (Phi) is 4.59. The molecule has 0 saturated carbocycles. The lowest BCUT2D eigenvalue weighted by atomic mass is 10.2. The molecule has 6 nitrogen and oxygen atoms in total. The molecule has 1 aromatic carbocycles. The second kappa shape index (κ2) is 6.67. The molecule has 2 heterocycles. The molecular formula is C16H14Cl2N4O2. The number of benzene rings is 1. The van der Waals surface area contributed by atoms with E-state index in [2.05, 4.69) is 10.4 Å². The summed E-state index contributed by atoms with van der Waals surface area (Å²) >= 11 is 11.9. The van der Waals surface area contributed by atoms with Gasteiger partial charge in [0, 0.05) is 12.7 Å². The third kappa shape index (κ3) is 3.16. The van der Waals surface area contributed by atoms with Gasteiger partial charge in [-0.2, -0.15) is 0 Å². The number of halogens is 2. The quantitative estimate of drug-likeness (QED) is 0.773. The minimum Gasteiger partial charge on any atom is -0.352 e. The van der Waals surface area contributed by atoms with E-state index in [1.54, 1.807) is 30.3 Å². The topological polar surface area (TPSA) is 68.4 Å². The Morgan fingerprint density at radius 3 is 2.71 bits per heavy atom. The van der Waals surface area contributed by atoms with Crippen LogP contribution in [0.3, 0.4) is 0 Å². The van der Waals surface area contributed by atoms with Gasteiger partial charge in [-0.15, -0.1) is 5.10 Å². The van der Waals surface area contributed by atoms with Gasteiger partial charge < -0.3 is 5.32 Å². The summed E-state index contributed by atoms with van der Waals surface area (Å²) in [6, 6.07) is 8.42. The summed E-state index contributed by atoms with van der Waals surface area (Å²) in [5.41, 5.74) is 1.34. The SMILES string of the molecule is CCNC(=O)c1ccc2nn(Cc3ccc(Cl)c(Cl)c3)c(=O)n2c1. The maximum Gasteiger partial charge on any atom is 0.350 e. The van der Waals surface area contributed by atoms with E-state index in [0.29, 0.717) is 27.8 Å². The van der Waals surface area contributed by atoms with Crippen molar-refractivity contribution in [3.63, 3.8) is 0 Å². The predicted octanol–water partition coefficient (Wildman–Crippen LogP) is 2.60. The molecule has 2 aromatic heterocycles. The Labute approximate surface area is 147 Å². The minimum absolute atomic E-state index is 0.233. The van der Waals surface area contributed by atoms with Gasteiger partial charge in [-0.1, -0.05) is 29.3 Å². The summed E-state index contributed by atoms with van der Waals surface area (Å²) in [6.07, 6.45) is 1.49. The third-order valence-electron chi connectivity index (χ3n) is 3.49. The van der Waals surface area contributed by atoms with Crippen molar-refractivity contribution in [2.75, 3.05) is 6.54 Å². The van der Waals surface area contributed by atoms with Crippen LogP contribution in [0, 0.1) is 0 Å². The zero-order valence-corrected chi connectivity index (χ0v) is 14.3. The molecule has 3 rings (SSSR count). The third-order valence-corrected chi connectivity index (χ3v) is 4.23. The van der Waals surface area contributed by atoms with Crippen LogP contribution < -0.4 is 11.0 Å². The van der Waals surface area contributed by atoms with Crippen molar-refractivity contribution in [3.8, 4) is 0 Å². The number of hydrogen-bond acceptors (Lipinski definition) is 3. The first-order chi connectivity index (χ1) is 11.5. The Morgan fingerprint density at radius 1 is 1.21 bits per heavy atom. The maximum absolute atomic E-state index is 12.5. The van der Waals surface area contributed by atoms with Gasteiger partial charge in [0.2, 0.25) is 0 Å². The molecule has 0 spiro atoms. The van der Waals surface area contributed by atoms with Gasteiger partial charge in [-0.3, -0.25) is 4.79 Å². The molecule has 8 heteroatoms. The molecular weight excluding hydrogens is 351 g/mol. The number of nitrogens with zero attached hydrogens (tertiary/aromatic N) is 3. The first kappa shape index (κ1) is 16.5. The number of hydrogen-bond donors (Lipinski definition) is 1. The van der Waals surface area contributed by atoms with Crippen molar-refractivity contribution >= 4 is 34.8 Å². The highest BCUT2D eigenvalue weighted by Gasteiger charge is 2.11. The van der Waals surface area contributed by atoms with Crippen LogP contribution in [-0.4, -0.2) is 26.6 Å². The molecule has 1 amide bonds. The molecule has 0 atom stereocenters. The molecule has 1 N–H and O–H groups in total. The zero-order chi connectivity index (χ0) is 17.3. The molecule has 0 saturated heterocycles. The molecule has 0 aliphatic rings. The van der Waals surface area contributed by atoms with Crippen molar-refractivity contribution in [1.29, 1.82) is 0 Å². The second-order valence-corrected chi connectivity index (χ2v) is 6.01. The van der Waals surface area contributed by atoms with Crippen molar-refractivity contribution < 1.29 is 4.79 Å². The monoisotopic (exact) mass is 364 g/mol. The number of amides is 1. The lowest BCUT2D eigenvalue weighted by molar-refractivity contribution is 0.0955. The summed E-state index contributed by atoms with van der Waals surface area (Å²) in [4.78, 5) is 24.4. The van der Waals surface area contributed by atoms with Gasteiger partial charge in [-0.25, -0.2) is 13.9 Å². The fraction of sp³-hybridized carbons (Fsp3) is 0.188. The average molecular weight is 365 g/mol. The van der Waals surface area contributed by atoms with Crippen molar-refractivity contribution in [2.24, 2.45) is 0 Å². The number of carbonyl (C=O) groups is 1. The molecule has 0 aliphatic carbocycles. The van der Waals surface area contributed by atoms with Crippen LogP contribution in [0.4, 0.5) is 0 Å².